The largest absolute Gasteiger partial charge is 0.472 e. The van der Waals surface area contributed by atoms with Crippen molar-refractivity contribution in [3.8, 4) is 0 Å². The Kier molecular flexibility index (Phi) is 75.6. The van der Waals surface area contributed by atoms with Gasteiger partial charge in [-0.25, -0.2) is 9.13 Å². The minimum atomic E-state index is -4.97. The summed E-state index contributed by atoms with van der Waals surface area (Å²) in [5.74, 6) is 0.334. The first-order valence-corrected chi connectivity index (χ1v) is 47.9. The van der Waals surface area contributed by atoms with Crippen molar-refractivity contribution in [2.75, 3.05) is 39.6 Å². The Hall–Kier alpha value is -1.94. The maximum atomic E-state index is 13.2. The van der Waals surface area contributed by atoms with Gasteiger partial charge in [-0.1, -0.05) is 408 Å². The number of ether oxygens (including phenoxy) is 4. The van der Waals surface area contributed by atoms with Gasteiger partial charge in [-0.05, 0) is 43.4 Å². The van der Waals surface area contributed by atoms with Gasteiger partial charge in [-0.3, -0.25) is 37.3 Å². The van der Waals surface area contributed by atoms with E-state index < -0.39 is 97.5 Å². The van der Waals surface area contributed by atoms with E-state index in [4.69, 9.17) is 37.0 Å². The fraction of sp³-hybridized carbons (Fsp3) is 0.954. The summed E-state index contributed by atoms with van der Waals surface area (Å²) in [6.07, 6.45) is 67.9. The average Bonchev–Trinajstić information content (AvgIpc) is 0.900. The number of hydrogen-bond donors (Lipinski definition) is 3. The maximum Gasteiger partial charge on any atom is 0.472 e. The van der Waals surface area contributed by atoms with Gasteiger partial charge in [0.25, 0.3) is 0 Å². The molecule has 0 fully saturated rings. The lowest BCUT2D eigenvalue weighted by molar-refractivity contribution is -0.161. The fourth-order valence-electron chi connectivity index (χ4n) is 13.5. The summed E-state index contributed by atoms with van der Waals surface area (Å²) in [7, 11) is -9.93. The minimum absolute atomic E-state index is 0.107. The van der Waals surface area contributed by atoms with E-state index in [2.05, 4.69) is 48.5 Å². The van der Waals surface area contributed by atoms with E-state index in [-0.39, 0.29) is 25.7 Å². The molecule has 0 aliphatic carbocycles. The van der Waals surface area contributed by atoms with Gasteiger partial charge in [-0.15, -0.1) is 0 Å². The van der Waals surface area contributed by atoms with Crippen molar-refractivity contribution in [3.63, 3.8) is 0 Å². The van der Waals surface area contributed by atoms with Crippen LogP contribution in [0.1, 0.15) is 459 Å². The highest BCUT2D eigenvalue weighted by molar-refractivity contribution is 7.47. The molecule has 3 unspecified atom stereocenters. The Morgan fingerprint density at radius 1 is 0.274 bits per heavy atom. The third-order valence-electron chi connectivity index (χ3n) is 20.7. The number of phosphoric ester groups is 2. The van der Waals surface area contributed by atoms with E-state index in [1.165, 1.54) is 270 Å². The van der Waals surface area contributed by atoms with Crippen molar-refractivity contribution >= 4 is 39.5 Å². The molecule has 0 rings (SSSR count). The second-order valence-electron chi connectivity index (χ2n) is 32.5. The van der Waals surface area contributed by atoms with Crippen molar-refractivity contribution < 1.29 is 80.2 Å². The highest BCUT2D eigenvalue weighted by atomic mass is 31.2. The Morgan fingerprint density at radius 3 is 0.717 bits per heavy atom. The number of unbranched alkanes of at least 4 members (excludes halogenated alkanes) is 52. The number of aliphatic hydroxyl groups excluding tert-OH is 1. The molecule has 0 spiro atoms. The molecular weight excluding hydrogens is 1380 g/mol. The van der Waals surface area contributed by atoms with Gasteiger partial charge in [-0.2, -0.15) is 0 Å². The Balaban J connectivity index is 5.25. The maximum absolute atomic E-state index is 13.2. The molecule has 0 radical (unpaired) electrons. The molecule has 0 heterocycles. The van der Waals surface area contributed by atoms with Gasteiger partial charge < -0.3 is 33.8 Å². The topological polar surface area (TPSA) is 237 Å². The number of rotatable bonds is 85. The van der Waals surface area contributed by atoms with Crippen LogP contribution in [-0.2, 0) is 65.4 Å². The first-order valence-electron chi connectivity index (χ1n) is 44.9. The molecule has 0 aromatic heterocycles. The van der Waals surface area contributed by atoms with E-state index in [9.17, 15) is 43.2 Å². The second kappa shape index (κ2) is 77.0. The van der Waals surface area contributed by atoms with Crippen LogP contribution in [0.3, 0.4) is 0 Å². The molecule has 0 amide bonds. The summed E-state index contributed by atoms with van der Waals surface area (Å²) in [5.41, 5.74) is 0. The zero-order valence-electron chi connectivity index (χ0n) is 69.9. The molecule has 0 aliphatic rings. The third kappa shape index (κ3) is 78.7. The van der Waals surface area contributed by atoms with Gasteiger partial charge in [0, 0.05) is 25.7 Å². The summed E-state index contributed by atoms with van der Waals surface area (Å²) in [6, 6.07) is 0. The van der Waals surface area contributed by atoms with Gasteiger partial charge in [0.1, 0.15) is 19.3 Å². The third-order valence-corrected chi connectivity index (χ3v) is 22.6. The molecule has 6 atom stereocenters. The molecule has 630 valence electrons. The first-order chi connectivity index (χ1) is 51.3. The Labute approximate surface area is 651 Å². The van der Waals surface area contributed by atoms with Crippen LogP contribution >= 0.6 is 15.6 Å². The molecular formula is C87H170O17P2. The summed E-state index contributed by atoms with van der Waals surface area (Å²) >= 11 is 0. The fourth-order valence-corrected chi connectivity index (χ4v) is 15.1. The number of carbonyl (C=O) groups excluding carboxylic acids is 4. The molecule has 0 bridgehead atoms. The lowest BCUT2D eigenvalue weighted by Crippen LogP contribution is -2.30. The van der Waals surface area contributed by atoms with Crippen molar-refractivity contribution in [1.82, 2.24) is 0 Å². The predicted octanol–water partition coefficient (Wildman–Crippen LogP) is 26.5. The second-order valence-corrected chi connectivity index (χ2v) is 35.4. The van der Waals surface area contributed by atoms with E-state index in [0.29, 0.717) is 25.7 Å². The lowest BCUT2D eigenvalue weighted by Gasteiger charge is -2.21. The van der Waals surface area contributed by atoms with Gasteiger partial charge in [0.15, 0.2) is 12.2 Å². The van der Waals surface area contributed by atoms with E-state index >= 15 is 0 Å². The van der Waals surface area contributed by atoms with Crippen molar-refractivity contribution in [2.45, 2.75) is 478 Å². The predicted molar refractivity (Wildman–Crippen MR) is 437 cm³/mol. The quantitative estimate of drug-likeness (QED) is 0.0222. The molecule has 0 aromatic rings. The molecule has 106 heavy (non-hydrogen) atoms. The number of hydrogen-bond acceptors (Lipinski definition) is 15. The summed E-state index contributed by atoms with van der Waals surface area (Å²) in [5, 5.41) is 10.7. The molecule has 17 nitrogen and oxygen atoms in total. The van der Waals surface area contributed by atoms with Crippen LogP contribution in [0.2, 0.25) is 0 Å². The molecule has 0 saturated heterocycles. The molecule has 3 N–H and O–H groups in total. The lowest BCUT2D eigenvalue weighted by atomic mass is 9.99. The highest BCUT2D eigenvalue weighted by Gasteiger charge is 2.31. The van der Waals surface area contributed by atoms with Crippen LogP contribution < -0.4 is 0 Å². The smallest absolute Gasteiger partial charge is 0.462 e. The Bertz CT molecular complexity index is 2050. The average molecular weight is 1550 g/mol. The van der Waals surface area contributed by atoms with Crippen LogP contribution in [0, 0.1) is 17.8 Å². The number of esters is 4. The molecule has 0 aliphatic heterocycles. The van der Waals surface area contributed by atoms with Gasteiger partial charge in [0.05, 0.1) is 26.4 Å². The zero-order valence-corrected chi connectivity index (χ0v) is 71.7. The van der Waals surface area contributed by atoms with Gasteiger partial charge in [0.2, 0.25) is 0 Å². The van der Waals surface area contributed by atoms with Crippen molar-refractivity contribution in [2.24, 2.45) is 17.8 Å². The van der Waals surface area contributed by atoms with Crippen LogP contribution in [0.4, 0.5) is 0 Å². The number of phosphoric acid groups is 2. The van der Waals surface area contributed by atoms with Crippen molar-refractivity contribution in [3.05, 3.63) is 0 Å². The van der Waals surface area contributed by atoms with Crippen LogP contribution in [0.25, 0.3) is 0 Å². The SMILES string of the molecule is CCCCCCCCCCCCCCC(=O)OC[C@H](COP(=O)(O)OC[C@H](O)COP(=O)(O)OC[C@@H](COC(=O)CCCCCCCCCCCCCCCCCCC(C)C)OC(=O)CCCCCCCCCCCCCCCCCCCCC(C)C)OC(=O)CCCCCCCCCCCCC(C)CC. The van der Waals surface area contributed by atoms with E-state index in [1.54, 1.807) is 0 Å². The van der Waals surface area contributed by atoms with Crippen molar-refractivity contribution in [1.29, 1.82) is 0 Å². The molecule has 0 saturated carbocycles. The summed E-state index contributed by atoms with van der Waals surface area (Å²) in [4.78, 5) is 73.3. The highest BCUT2D eigenvalue weighted by Crippen LogP contribution is 2.45. The first kappa shape index (κ1) is 104. The monoisotopic (exact) mass is 1550 g/mol. The minimum Gasteiger partial charge on any atom is -0.462 e. The van der Waals surface area contributed by atoms with E-state index in [1.807, 2.05) is 0 Å². The van der Waals surface area contributed by atoms with Gasteiger partial charge >= 0.3 is 39.5 Å². The number of carbonyl (C=O) groups is 4. The normalized spacial score (nSPS) is 14.1. The van der Waals surface area contributed by atoms with Crippen LogP contribution in [-0.4, -0.2) is 96.7 Å². The van der Waals surface area contributed by atoms with E-state index in [0.717, 1.165) is 108 Å². The summed E-state index contributed by atoms with van der Waals surface area (Å²) in [6.45, 7) is 12.1. The van der Waals surface area contributed by atoms with Crippen LogP contribution in [0.5, 0.6) is 0 Å². The zero-order chi connectivity index (χ0) is 77.9. The van der Waals surface area contributed by atoms with Crippen LogP contribution in [0.15, 0.2) is 0 Å². The molecule has 0 aromatic carbocycles. The Morgan fingerprint density at radius 2 is 0.481 bits per heavy atom. The summed E-state index contributed by atoms with van der Waals surface area (Å²) < 4.78 is 68.9. The molecule has 19 heteroatoms. The number of aliphatic hydroxyl groups is 1. The standard InChI is InChI=1S/C87H170O17P2/c1-8-10-11-12-13-14-15-32-40-47-54-61-68-84(89)97-75-83(104-87(92)71-64-57-50-43-36-35-39-46-53-60-67-80(7)9-2)77-102-106(95,96)100-73-81(88)72-99-105(93,94)101-76-82(74-98-85(90)69-62-55-48-41-33-28-24-21-20-23-27-31-38-45-52-59-66-79(5)6)103-86(91)70-63-56-49-42-34-29-25-19-17-16-18-22-26-30-37-44-51-58-65-78(3)4/h78-83,88H,8-77H2,1-7H3,(H,93,94)(H,95,96)/t80?,81-,82-,83-/m1/s1.